The number of rotatable bonds is 3. The van der Waals surface area contributed by atoms with Gasteiger partial charge in [-0.3, -0.25) is 4.79 Å². The molecule has 2 aromatic carbocycles. The lowest BCUT2D eigenvalue weighted by Crippen LogP contribution is -2.27. The van der Waals surface area contributed by atoms with Crippen LogP contribution in [0, 0.1) is 3.57 Å². The van der Waals surface area contributed by atoms with Gasteiger partial charge in [-0.05, 0) is 77.6 Å². The third-order valence-electron chi connectivity index (χ3n) is 4.09. The largest absolute Gasteiger partial charge is 0.345 e. The van der Waals surface area contributed by atoms with Crippen LogP contribution < -0.4 is 5.32 Å². The number of halogens is 1. The molecule has 3 rings (SSSR count). The van der Waals surface area contributed by atoms with E-state index in [2.05, 4.69) is 46.1 Å². The molecule has 1 amide bonds. The average molecular weight is 391 g/mol. The summed E-state index contributed by atoms with van der Waals surface area (Å²) in [7, 11) is 0. The minimum absolute atomic E-state index is 0.00648. The summed E-state index contributed by atoms with van der Waals surface area (Å²) in [6, 6.07) is 14.3. The van der Waals surface area contributed by atoms with Gasteiger partial charge < -0.3 is 5.32 Å². The summed E-state index contributed by atoms with van der Waals surface area (Å²) in [4.78, 5) is 12.4. The molecule has 0 bridgehead atoms. The zero-order chi connectivity index (χ0) is 14.8. The van der Waals surface area contributed by atoms with Crippen LogP contribution in [0.2, 0.25) is 0 Å². The molecule has 21 heavy (non-hydrogen) atoms. The maximum absolute atomic E-state index is 12.4. The molecule has 0 spiro atoms. The van der Waals surface area contributed by atoms with Crippen LogP contribution in [0.15, 0.2) is 42.5 Å². The first-order valence-corrected chi connectivity index (χ1v) is 8.40. The summed E-state index contributed by atoms with van der Waals surface area (Å²) in [5.74, 6) is -0.00648. The Morgan fingerprint density at radius 2 is 1.90 bits per heavy atom. The average Bonchev–Trinajstić information content (AvgIpc) is 2.94. The maximum Gasteiger partial charge on any atom is 0.252 e. The maximum atomic E-state index is 12.4. The van der Waals surface area contributed by atoms with Gasteiger partial charge in [0.25, 0.3) is 5.91 Å². The molecular formula is C18H18INO. The highest BCUT2D eigenvalue weighted by atomic mass is 127. The van der Waals surface area contributed by atoms with Crippen molar-refractivity contribution in [1.29, 1.82) is 0 Å². The molecule has 0 fully saturated rings. The zero-order valence-electron chi connectivity index (χ0n) is 12.0. The van der Waals surface area contributed by atoms with Gasteiger partial charge in [-0.15, -0.1) is 0 Å². The van der Waals surface area contributed by atoms with Gasteiger partial charge in [0, 0.05) is 3.57 Å². The molecule has 1 N–H and O–H groups in total. The molecule has 1 atom stereocenters. The lowest BCUT2D eigenvalue weighted by molar-refractivity contribution is 0.0939. The van der Waals surface area contributed by atoms with E-state index in [0.717, 1.165) is 9.13 Å². The Hall–Kier alpha value is -1.36. The van der Waals surface area contributed by atoms with Crippen molar-refractivity contribution in [3.8, 4) is 0 Å². The monoisotopic (exact) mass is 391 g/mol. The number of nitrogens with one attached hydrogen (secondary N) is 1. The number of carbonyl (C=O) groups excluding carboxylic acids is 1. The minimum atomic E-state index is -0.00648. The Morgan fingerprint density at radius 1 is 1.14 bits per heavy atom. The Bertz CT molecular complexity index is 681. The van der Waals surface area contributed by atoms with E-state index in [0.29, 0.717) is 0 Å². The normalized spacial score (nSPS) is 14.6. The second-order valence-corrected chi connectivity index (χ2v) is 6.72. The fourth-order valence-electron chi connectivity index (χ4n) is 2.86. The number of fused-ring (bicyclic) bond motifs is 1. The molecule has 0 radical (unpaired) electrons. The van der Waals surface area contributed by atoms with Gasteiger partial charge in [-0.1, -0.05) is 30.3 Å². The molecule has 0 saturated heterocycles. The summed E-state index contributed by atoms with van der Waals surface area (Å²) in [6.45, 7) is 2.05. The second kappa shape index (κ2) is 6.18. The molecule has 2 aromatic rings. The van der Waals surface area contributed by atoms with Gasteiger partial charge in [-0.2, -0.15) is 0 Å². The van der Waals surface area contributed by atoms with Crippen molar-refractivity contribution < 1.29 is 4.79 Å². The molecule has 0 heterocycles. The quantitative estimate of drug-likeness (QED) is 0.778. The van der Waals surface area contributed by atoms with E-state index in [1.54, 1.807) is 0 Å². The standard InChI is InChI=1S/C18H18INO/c1-12(14-10-9-13-5-4-6-15(13)11-14)20-18(21)16-7-2-3-8-17(16)19/h2-3,7-12H,4-6H2,1H3,(H,20,21)/t12-/m0/s1. The Balaban J connectivity index is 1.76. The predicted octanol–water partition coefficient (Wildman–Crippen LogP) is 4.27. The Labute approximate surface area is 139 Å². The zero-order valence-corrected chi connectivity index (χ0v) is 14.2. The summed E-state index contributed by atoms with van der Waals surface area (Å²) in [5, 5.41) is 3.10. The third kappa shape index (κ3) is 3.12. The molecule has 0 aliphatic heterocycles. The number of benzene rings is 2. The highest BCUT2D eigenvalue weighted by molar-refractivity contribution is 14.1. The van der Waals surface area contributed by atoms with E-state index in [4.69, 9.17) is 0 Å². The van der Waals surface area contributed by atoms with Crippen LogP contribution in [0.5, 0.6) is 0 Å². The molecule has 3 heteroatoms. The van der Waals surface area contributed by atoms with Crippen molar-refractivity contribution >= 4 is 28.5 Å². The van der Waals surface area contributed by atoms with Gasteiger partial charge in [0.15, 0.2) is 0 Å². The Morgan fingerprint density at radius 3 is 2.71 bits per heavy atom. The van der Waals surface area contributed by atoms with Gasteiger partial charge in [0.1, 0.15) is 0 Å². The van der Waals surface area contributed by atoms with Crippen LogP contribution in [-0.2, 0) is 12.8 Å². The molecule has 0 unspecified atom stereocenters. The predicted molar refractivity (Wildman–Crippen MR) is 93.5 cm³/mol. The fraction of sp³-hybridized carbons (Fsp3) is 0.278. The molecule has 0 aromatic heterocycles. The highest BCUT2D eigenvalue weighted by Gasteiger charge is 2.16. The Kier molecular flexibility index (Phi) is 4.29. The van der Waals surface area contributed by atoms with E-state index in [-0.39, 0.29) is 11.9 Å². The number of aryl methyl sites for hydroxylation is 2. The SMILES string of the molecule is C[C@H](NC(=O)c1ccccc1I)c1ccc2c(c1)CCC2. The third-order valence-corrected chi connectivity index (χ3v) is 5.03. The minimum Gasteiger partial charge on any atom is -0.345 e. The van der Waals surface area contributed by atoms with Crippen LogP contribution in [0.3, 0.4) is 0 Å². The lowest BCUT2D eigenvalue weighted by Gasteiger charge is -2.16. The smallest absolute Gasteiger partial charge is 0.252 e. The first-order chi connectivity index (χ1) is 10.1. The lowest BCUT2D eigenvalue weighted by atomic mass is 10.0. The molecule has 2 nitrogen and oxygen atoms in total. The van der Waals surface area contributed by atoms with Crippen LogP contribution in [0.4, 0.5) is 0 Å². The van der Waals surface area contributed by atoms with Crippen molar-refractivity contribution in [3.05, 3.63) is 68.3 Å². The summed E-state index contributed by atoms with van der Waals surface area (Å²) < 4.78 is 0.980. The van der Waals surface area contributed by atoms with Gasteiger partial charge in [-0.25, -0.2) is 0 Å². The summed E-state index contributed by atoms with van der Waals surface area (Å²) in [5.41, 5.74) is 4.85. The van der Waals surface area contributed by atoms with E-state index in [1.165, 1.54) is 36.0 Å². The van der Waals surface area contributed by atoms with Crippen molar-refractivity contribution in [3.63, 3.8) is 0 Å². The molecule has 108 valence electrons. The van der Waals surface area contributed by atoms with Crippen LogP contribution in [-0.4, -0.2) is 5.91 Å². The van der Waals surface area contributed by atoms with Gasteiger partial charge in [0.2, 0.25) is 0 Å². The summed E-state index contributed by atoms with van der Waals surface area (Å²) >= 11 is 2.20. The number of carbonyl (C=O) groups is 1. The number of hydrogen-bond acceptors (Lipinski definition) is 1. The van der Waals surface area contributed by atoms with E-state index < -0.39 is 0 Å². The molecular weight excluding hydrogens is 373 g/mol. The van der Waals surface area contributed by atoms with E-state index in [9.17, 15) is 4.79 Å². The van der Waals surface area contributed by atoms with Crippen LogP contribution in [0.25, 0.3) is 0 Å². The first kappa shape index (κ1) is 14.6. The van der Waals surface area contributed by atoms with Crippen LogP contribution >= 0.6 is 22.6 Å². The fourth-order valence-corrected chi connectivity index (χ4v) is 3.50. The van der Waals surface area contributed by atoms with E-state index >= 15 is 0 Å². The van der Waals surface area contributed by atoms with Crippen molar-refractivity contribution in [2.45, 2.75) is 32.2 Å². The van der Waals surface area contributed by atoms with Gasteiger partial charge in [0.05, 0.1) is 11.6 Å². The number of amides is 1. The summed E-state index contributed by atoms with van der Waals surface area (Å²) in [6.07, 6.45) is 3.61. The molecule has 1 aliphatic carbocycles. The van der Waals surface area contributed by atoms with Gasteiger partial charge >= 0.3 is 0 Å². The molecule has 0 saturated carbocycles. The topological polar surface area (TPSA) is 29.1 Å². The highest BCUT2D eigenvalue weighted by Crippen LogP contribution is 2.25. The first-order valence-electron chi connectivity index (χ1n) is 7.32. The van der Waals surface area contributed by atoms with E-state index in [1.807, 2.05) is 31.2 Å². The number of hydrogen-bond donors (Lipinski definition) is 1. The second-order valence-electron chi connectivity index (χ2n) is 5.56. The van der Waals surface area contributed by atoms with Crippen molar-refractivity contribution in [2.24, 2.45) is 0 Å². The molecule has 1 aliphatic rings. The van der Waals surface area contributed by atoms with Crippen LogP contribution in [0.1, 0.15) is 46.4 Å². The van der Waals surface area contributed by atoms with Crippen molar-refractivity contribution in [1.82, 2.24) is 5.32 Å². The van der Waals surface area contributed by atoms with Crippen molar-refractivity contribution in [2.75, 3.05) is 0 Å².